The molecule has 1 aliphatic heterocycles. The van der Waals surface area contributed by atoms with E-state index in [1.54, 1.807) is 31.2 Å². The Bertz CT molecular complexity index is 1120. The number of aromatic nitrogens is 1. The zero-order valence-electron chi connectivity index (χ0n) is 16.5. The highest BCUT2D eigenvalue weighted by atomic mass is 32.2. The number of carbonyl (C=O) groups is 4. The molecule has 0 bridgehead atoms. The fourth-order valence-corrected chi connectivity index (χ4v) is 4.58. The number of nitrogens with zero attached hydrogens (tertiary/aromatic N) is 2. The van der Waals surface area contributed by atoms with Crippen LogP contribution in [0.3, 0.4) is 0 Å². The molecule has 10 nitrogen and oxygen atoms in total. The Morgan fingerprint density at radius 1 is 1.22 bits per heavy atom. The molecule has 0 atom stereocenters. The molecule has 166 valence electrons. The molecule has 1 saturated heterocycles. The highest BCUT2D eigenvalue weighted by Crippen LogP contribution is 2.38. The lowest BCUT2D eigenvalue weighted by Gasteiger charge is -2.11. The van der Waals surface area contributed by atoms with Crippen molar-refractivity contribution in [3.63, 3.8) is 0 Å². The second-order valence-corrected chi connectivity index (χ2v) is 8.56. The van der Waals surface area contributed by atoms with Crippen molar-refractivity contribution in [3.8, 4) is 0 Å². The van der Waals surface area contributed by atoms with Crippen LogP contribution in [0.2, 0.25) is 0 Å². The molecular formula is C19H16N4O6S3. The SMILES string of the molecule is CCOC(=O)/C(=C1/SC(=S)N(CC(=O)O)C1=O)c1csc(NC(=O)Nc2ccccc2)n1. The first-order valence-electron chi connectivity index (χ1n) is 9.06. The summed E-state index contributed by atoms with van der Waals surface area (Å²) in [6, 6.07) is 8.23. The third-order valence-corrected chi connectivity index (χ3v) is 6.07. The van der Waals surface area contributed by atoms with Crippen molar-refractivity contribution in [3.05, 3.63) is 46.3 Å². The van der Waals surface area contributed by atoms with Gasteiger partial charge in [-0.1, -0.05) is 42.2 Å². The molecule has 1 aromatic heterocycles. The number of ether oxygens (including phenoxy) is 1. The number of carboxylic acids is 1. The highest BCUT2D eigenvalue weighted by molar-refractivity contribution is 8.26. The van der Waals surface area contributed by atoms with Crippen LogP contribution in [-0.4, -0.2) is 56.3 Å². The number of hydrogen-bond donors (Lipinski definition) is 3. The Kier molecular flexibility index (Phi) is 7.56. The van der Waals surface area contributed by atoms with E-state index in [1.807, 2.05) is 6.07 Å². The lowest BCUT2D eigenvalue weighted by Crippen LogP contribution is -2.33. The van der Waals surface area contributed by atoms with Gasteiger partial charge < -0.3 is 15.2 Å². The van der Waals surface area contributed by atoms with Crippen LogP contribution in [0.5, 0.6) is 0 Å². The summed E-state index contributed by atoms with van der Waals surface area (Å²) < 4.78 is 5.07. The van der Waals surface area contributed by atoms with Crippen molar-refractivity contribution in [1.29, 1.82) is 0 Å². The molecule has 3 amide bonds. The summed E-state index contributed by atoms with van der Waals surface area (Å²) in [5.41, 5.74) is 0.528. The second-order valence-electron chi connectivity index (χ2n) is 6.06. The van der Waals surface area contributed by atoms with Gasteiger partial charge in [0.15, 0.2) is 5.13 Å². The Labute approximate surface area is 195 Å². The number of carboxylic acid groups (broad SMARTS) is 1. The monoisotopic (exact) mass is 492 g/mol. The van der Waals surface area contributed by atoms with Gasteiger partial charge >= 0.3 is 18.0 Å². The number of carbonyl (C=O) groups excluding carboxylic acids is 3. The fraction of sp³-hybridized carbons (Fsp3) is 0.158. The maximum Gasteiger partial charge on any atom is 0.341 e. The zero-order valence-corrected chi connectivity index (χ0v) is 18.9. The number of urea groups is 1. The first-order chi connectivity index (χ1) is 15.3. The van der Waals surface area contributed by atoms with E-state index in [2.05, 4.69) is 15.6 Å². The third-order valence-electron chi connectivity index (χ3n) is 3.86. The maximum atomic E-state index is 12.7. The lowest BCUT2D eigenvalue weighted by molar-refractivity contribution is -0.140. The number of thioether (sulfide) groups is 1. The van der Waals surface area contributed by atoms with E-state index in [0.717, 1.165) is 28.0 Å². The molecule has 1 aromatic carbocycles. The molecule has 32 heavy (non-hydrogen) atoms. The zero-order chi connectivity index (χ0) is 23.3. The van der Waals surface area contributed by atoms with Crippen LogP contribution in [0.4, 0.5) is 15.6 Å². The molecule has 0 saturated carbocycles. The molecule has 0 radical (unpaired) electrons. The summed E-state index contributed by atoms with van der Waals surface area (Å²) in [5, 5.41) is 15.9. The average molecular weight is 493 g/mol. The standard InChI is InChI=1S/C19H16N4O6S3/c1-2-29-16(27)13(14-15(26)23(8-12(24)25)19(30)32-14)11-9-31-18(21-11)22-17(28)20-10-6-4-3-5-7-10/h3-7,9H,2,8H2,1H3,(H,24,25)(H2,20,21,22,28)/b14-13+. The van der Waals surface area contributed by atoms with Crippen LogP contribution in [0.15, 0.2) is 40.6 Å². The number of thiazole rings is 1. The topological polar surface area (TPSA) is 138 Å². The minimum atomic E-state index is -1.25. The number of nitrogens with one attached hydrogen (secondary N) is 2. The molecule has 1 aliphatic rings. The molecule has 3 rings (SSSR count). The predicted molar refractivity (Wildman–Crippen MR) is 124 cm³/mol. The van der Waals surface area contributed by atoms with Gasteiger partial charge in [0.05, 0.1) is 17.2 Å². The van der Waals surface area contributed by atoms with Crippen LogP contribution in [0.1, 0.15) is 12.6 Å². The van der Waals surface area contributed by atoms with Gasteiger partial charge in [0, 0.05) is 11.1 Å². The summed E-state index contributed by atoms with van der Waals surface area (Å²) in [6.07, 6.45) is 0. The van der Waals surface area contributed by atoms with Gasteiger partial charge in [-0.05, 0) is 19.1 Å². The molecule has 0 aliphatic carbocycles. The second kappa shape index (κ2) is 10.3. The van der Waals surface area contributed by atoms with E-state index < -0.39 is 30.4 Å². The summed E-state index contributed by atoms with van der Waals surface area (Å²) in [7, 11) is 0. The Balaban J connectivity index is 1.87. The largest absolute Gasteiger partial charge is 0.480 e. The van der Waals surface area contributed by atoms with Crippen LogP contribution < -0.4 is 10.6 Å². The van der Waals surface area contributed by atoms with Crippen molar-refractivity contribution in [1.82, 2.24) is 9.88 Å². The van der Waals surface area contributed by atoms with E-state index in [1.165, 1.54) is 5.38 Å². The predicted octanol–water partition coefficient (Wildman–Crippen LogP) is 3.01. The minimum absolute atomic E-state index is 0.00464. The molecule has 13 heteroatoms. The third kappa shape index (κ3) is 5.49. The molecule has 1 fully saturated rings. The molecular weight excluding hydrogens is 476 g/mol. The quantitative estimate of drug-likeness (QED) is 0.302. The summed E-state index contributed by atoms with van der Waals surface area (Å²) >= 11 is 6.93. The average Bonchev–Trinajstić information content (AvgIpc) is 3.29. The Morgan fingerprint density at radius 2 is 1.94 bits per heavy atom. The van der Waals surface area contributed by atoms with Crippen molar-refractivity contribution in [2.24, 2.45) is 0 Å². The van der Waals surface area contributed by atoms with E-state index in [9.17, 15) is 19.2 Å². The molecule has 2 heterocycles. The number of para-hydroxylation sites is 1. The lowest BCUT2D eigenvalue weighted by atomic mass is 10.2. The highest BCUT2D eigenvalue weighted by Gasteiger charge is 2.38. The normalized spacial score (nSPS) is 14.8. The van der Waals surface area contributed by atoms with Crippen molar-refractivity contribution in [2.75, 3.05) is 23.8 Å². The van der Waals surface area contributed by atoms with Crippen LogP contribution in [-0.2, 0) is 19.1 Å². The van der Waals surface area contributed by atoms with E-state index >= 15 is 0 Å². The van der Waals surface area contributed by atoms with Gasteiger partial charge in [-0.3, -0.25) is 19.8 Å². The number of aliphatic carboxylic acids is 1. The number of hydrogen-bond acceptors (Lipinski definition) is 9. The van der Waals surface area contributed by atoms with Crippen molar-refractivity contribution in [2.45, 2.75) is 6.92 Å². The number of amides is 3. The van der Waals surface area contributed by atoms with Crippen molar-refractivity contribution >= 4 is 79.9 Å². The number of thiocarbonyl (C=S) groups is 1. The molecule has 0 unspecified atom stereocenters. The van der Waals surface area contributed by atoms with E-state index in [0.29, 0.717) is 5.69 Å². The van der Waals surface area contributed by atoms with E-state index in [-0.39, 0.29) is 32.2 Å². The van der Waals surface area contributed by atoms with Gasteiger partial charge in [0.25, 0.3) is 5.91 Å². The molecule has 0 spiro atoms. The van der Waals surface area contributed by atoms with Gasteiger partial charge in [0.2, 0.25) is 0 Å². The number of anilines is 2. The maximum absolute atomic E-state index is 12.7. The van der Waals surface area contributed by atoms with Crippen molar-refractivity contribution < 1.29 is 29.0 Å². The summed E-state index contributed by atoms with van der Waals surface area (Å²) in [6.45, 7) is 1.02. The first-order valence-corrected chi connectivity index (χ1v) is 11.2. The number of rotatable bonds is 7. The van der Waals surface area contributed by atoms with Gasteiger partial charge in [-0.25, -0.2) is 14.6 Å². The van der Waals surface area contributed by atoms with Crippen LogP contribution in [0, 0.1) is 0 Å². The number of benzene rings is 1. The minimum Gasteiger partial charge on any atom is -0.480 e. The smallest absolute Gasteiger partial charge is 0.341 e. The Morgan fingerprint density at radius 3 is 2.59 bits per heavy atom. The summed E-state index contributed by atoms with van der Waals surface area (Å²) in [4.78, 5) is 53.6. The molecule has 2 aromatic rings. The van der Waals surface area contributed by atoms with Gasteiger partial charge in [0.1, 0.15) is 16.4 Å². The fourth-order valence-electron chi connectivity index (χ4n) is 2.56. The summed E-state index contributed by atoms with van der Waals surface area (Å²) in [5.74, 6) is -2.78. The Hall–Kier alpha value is -3.29. The number of esters is 1. The first kappa shape index (κ1) is 23.4. The van der Waals surface area contributed by atoms with Crippen LogP contribution in [0.25, 0.3) is 5.57 Å². The van der Waals surface area contributed by atoms with Crippen LogP contribution >= 0.6 is 35.3 Å². The van der Waals surface area contributed by atoms with E-state index in [4.69, 9.17) is 22.1 Å². The molecule has 3 N–H and O–H groups in total. The van der Waals surface area contributed by atoms with Gasteiger partial charge in [-0.15, -0.1) is 11.3 Å². The van der Waals surface area contributed by atoms with Gasteiger partial charge in [-0.2, -0.15) is 0 Å².